The minimum atomic E-state index is -0.203. The van der Waals surface area contributed by atoms with Gasteiger partial charge in [-0.15, -0.1) is 0 Å². The summed E-state index contributed by atoms with van der Waals surface area (Å²) < 4.78 is 0. The zero-order valence-corrected chi connectivity index (χ0v) is 6.22. The highest BCUT2D eigenvalue weighted by molar-refractivity contribution is 5.77. The second-order valence-corrected chi connectivity index (χ2v) is 2.38. The molecule has 5 nitrogen and oxygen atoms in total. The average molecular weight is 167 g/mol. The Bertz CT molecular complexity index is 443. The Balaban J connectivity index is 0.000000720. The van der Waals surface area contributed by atoms with Crippen molar-refractivity contribution in [2.24, 2.45) is 0 Å². The topological polar surface area (TPSA) is 106 Å². The molecule has 0 amide bonds. The van der Waals surface area contributed by atoms with Crippen molar-refractivity contribution in [2.75, 3.05) is 5.73 Å². The van der Waals surface area contributed by atoms with Crippen molar-refractivity contribution >= 4 is 16.7 Å². The van der Waals surface area contributed by atoms with Gasteiger partial charge in [0.1, 0.15) is 0 Å². The number of aromatic amines is 2. The molecule has 0 fully saturated rings. The molecule has 0 aliphatic rings. The van der Waals surface area contributed by atoms with E-state index in [-0.39, 0.29) is 11.2 Å². The molecule has 0 spiro atoms. The van der Waals surface area contributed by atoms with E-state index >= 15 is 0 Å². The fourth-order valence-electron chi connectivity index (χ4n) is 1.05. The number of benzene rings is 1. The quantitative estimate of drug-likeness (QED) is 0.465. The summed E-state index contributed by atoms with van der Waals surface area (Å²) in [7, 11) is 0. The molecule has 0 radical (unpaired) electrons. The van der Waals surface area contributed by atoms with Gasteiger partial charge in [-0.05, 0) is 18.2 Å². The number of nitrogens with two attached hydrogens (primary N) is 1. The molecule has 0 unspecified atom stereocenters. The van der Waals surface area contributed by atoms with E-state index in [9.17, 15) is 4.79 Å². The van der Waals surface area contributed by atoms with Gasteiger partial charge in [-0.1, -0.05) is 0 Å². The summed E-state index contributed by atoms with van der Waals surface area (Å²) in [6.45, 7) is 0. The number of rotatable bonds is 0. The Morgan fingerprint density at radius 2 is 1.83 bits per heavy atom. The third-order valence-electron chi connectivity index (χ3n) is 1.54. The van der Waals surface area contributed by atoms with Crippen LogP contribution in [0.3, 0.4) is 0 Å². The summed E-state index contributed by atoms with van der Waals surface area (Å²) >= 11 is 0. The van der Waals surface area contributed by atoms with E-state index in [4.69, 9.17) is 5.73 Å². The Morgan fingerprint density at radius 3 is 2.58 bits per heavy atom. The molecule has 0 aliphatic carbocycles. The molecule has 1 heterocycles. The number of nitrogens with one attached hydrogen (secondary N) is 2. The van der Waals surface area contributed by atoms with E-state index in [2.05, 4.69) is 9.97 Å². The van der Waals surface area contributed by atoms with Crippen LogP contribution in [0.2, 0.25) is 0 Å². The number of hydrogen-bond acceptors (Lipinski definition) is 2. The first-order valence-corrected chi connectivity index (χ1v) is 3.23. The largest absolute Gasteiger partial charge is 0.412 e. The van der Waals surface area contributed by atoms with Gasteiger partial charge in [0.25, 0.3) is 0 Å². The fraction of sp³-hybridized carbons (Fsp3) is 0. The zero-order chi connectivity index (χ0) is 7.84. The molecule has 12 heavy (non-hydrogen) atoms. The maximum Gasteiger partial charge on any atom is 0.323 e. The van der Waals surface area contributed by atoms with Crippen LogP contribution < -0.4 is 11.4 Å². The van der Waals surface area contributed by atoms with E-state index < -0.39 is 0 Å². The molecule has 5 heteroatoms. The van der Waals surface area contributed by atoms with Crippen LogP contribution in [0.4, 0.5) is 5.69 Å². The van der Waals surface area contributed by atoms with Crippen LogP contribution in [0.25, 0.3) is 11.0 Å². The molecule has 1 aromatic carbocycles. The molecule has 64 valence electrons. The molecule has 1 aromatic heterocycles. The van der Waals surface area contributed by atoms with Gasteiger partial charge in [0.2, 0.25) is 0 Å². The van der Waals surface area contributed by atoms with E-state index in [1.54, 1.807) is 18.2 Å². The van der Waals surface area contributed by atoms with E-state index in [1.165, 1.54) is 0 Å². The van der Waals surface area contributed by atoms with Gasteiger partial charge >= 0.3 is 5.69 Å². The van der Waals surface area contributed by atoms with Gasteiger partial charge in [-0.3, -0.25) is 0 Å². The van der Waals surface area contributed by atoms with Crippen molar-refractivity contribution in [1.29, 1.82) is 0 Å². The summed E-state index contributed by atoms with van der Waals surface area (Å²) in [5.74, 6) is 0. The number of fused-ring (bicyclic) bond motifs is 1. The van der Waals surface area contributed by atoms with Gasteiger partial charge in [-0.25, -0.2) is 4.79 Å². The Morgan fingerprint density at radius 1 is 1.17 bits per heavy atom. The number of H-pyrrole nitrogens is 2. The second-order valence-electron chi connectivity index (χ2n) is 2.38. The van der Waals surface area contributed by atoms with Gasteiger partial charge in [0, 0.05) is 5.69 Å². The molecule has 0 aliphatic heterocycles. The van der Waals surface area contributed by atoms with Crippen LogP contribution >= 0.6 is 0 Å². The normalized spacial score (nSPS) is 9.67. The maximum atomic E-state index is 10.7. The lowest BCUT2D eigenvalue weighted by Crippen LogP contribution is -1.99. The first-order valence-electron chi connectivity index (χ1n) is 3.23. The minimum Gasteiger partial charge on any atom is -0.412 e. The highest BCUT2D eigenvalue weighted by Gasteiger charge is 1.95. The summed E-state index contributed by atoms with van der Waals surface area (Å²) in [4.78, 5) is 16.0. The van der Waals surface area contributed by atoms with Crippen LogP contribution in [0, 0.1) is 0 Å². The molecular weight excluding hydrogens is 158 g/mol. The first kappa shape index (κ1) is 8.35. The standard InChI is InChI=1S/C7H7N3O.H2O/c8-4-1-2-5-6(3-4)10-7(11)9-5;/h1-3H,8H2,(H2,9,10,11);1H2. The molecule has 0 atom stereocenters. The molecule has 0 bridgehead atoms. The molecule has 6 N–H and O–H groups in total. The maximum absolute atomic E-state index is 10.7. The van der Waals surface area contributed by atoms with Gasteiger partial charge in [0.15, 0.2) is 0 Å². The van der Waals surface area contributed by atoms with Gasteiger partial charge in [0.05, 0.1) is 11.0 Å². The predicted molar refractivity (Wildman–Crippen MR) is 46.9 cm³/mol. The molecule has 2 rings (SSSR count). The Labute approximate surface area is 67.5 Å². The highest BCUT2D eigenvalue weighted by Crippen LogP contribution is 2.10. The monoisotopic (exact) mass is 167 g/mol. The number of hydrogen-bond donors (Lipinski definition) is 3. The van der Waals surface area contributed by atoms with E-state index in [0.29, 0.717) is 5.69 Å². The summed E-state index contributed by atoms with van der Waals surface area (Å²) in [5, 5.41) is 0. The Hall–Kier alpha value is -1.75. The lowest BCUT2D eigenvalue weighted by atomic mass is 10.3. The van der Waals surface area contributed by atoms with Crippen LogP contribution in [0.1, 0.15) is 0 Å². The van der Waals surface area contributed by atoms with Crippen molar-refractivity contribution in [1.82, 2.24) is 9.97 Å². The zero-order valence-electron chi connectivity index (χ0n) is 6.22. The van der Waals surface area contributed by atoms with Crippen LogP contribution in [0.15, 0.2) is 23.0 Å². The van der Waals surface area contributed by atoms with Gasteiger partial charge in [-0.2, -0.15) is 0 Å². The fourth-order valence-corrected chi connectivity index (χ4v) is 1.05. The summed E-state index contributed by atoms with van der Waals surface area (Å²) in [5.41, 5.74) is 7.47. The van der Waals surface area contributed by atoms with E-state index in [0.717, 1.165) is 11.0 Å². The van der Waals surface area contributed by atoms with Crippen LogP contribution in [-0.4, -0.2) is 15.4 Å². The summed E-state index contributed by atoms with van der Waals surface area (Å²) in [6, 6.07) is 5.22. The first-order chi connectivity index (χ1) is 5.25. The van der Waals surface area contributed by atoms with Crippen LogP contribution in [0.5, 0.6) is 0 Å². The number of anilines is 1. The predicted octanol–water partition coefficient (Wildman–Crippen LogP) is -0.386. The highest BCUT2D eigenvalue weighted by atomic mass is 16.1. The number of aromatic nitrogens is 2. The third-order valence-corrected chi connectivity index (χ3v) is 1.54. The number of imidazole rings is 1. The second kappa shape index (κ2) is 2.71. The number of nitrogen functional groups attached to an aromatic ring is 1. The van der Waals surface area contributed by atoms with Crippen molar-refractivity contribution in [3.8, 4) is 0 Å². The SMILES string of the molecule is Nc1ccc2[nH]c(=O)[nH]c2c1.O. The molecule has 2 aromatic rings. The van der Waals surface area contributed by atoms with Crippen LogP contribution in [-0.2, 0) is 0 Å². The van der Waals surface area contributed by atoms with Crippen molar-refractivity contribution in [3.63, 3.8) is 0 Å². The van der Waals surface area contributed by atoms with Crippen molar-refractivity contribution in [3.05, 3.63) is 28.7 Å². The molecular formula is C7H9N3O2. The smallest absolute Gasteiger partial charge is 0.323 e. The Kier molecular flexibility index (Phi) is 1.88. The van der Waals surface area contributed by atoms with Crippen molar-refractivity contribution < 1.29 is 5.48 Å². The molecule has 0 saturated carbocycles. The lowest BCUT2D eigenvalue weighted by Gasteiger charge is -1.89. The lowest BCUT2D eigenvalue weighted by molar-refractivity contribution is 0.824. The van der Waals surface area contributed by atoms with Crippen molar-refractivity contribution in [2.45, 2.75) is 0 Å². The van der Waals surface area contributed by atoms with Gasteiger partial charge < -0.3 is 21.2 Å². The minimum absolute atomic E-state index is 0. The van der Waals surface area contributed by atoms with E-state index in [1.807, 2.05) is 0 Å². The molecule has 0 saturated heterocycles. The third kappa shape index (κ3) is 1.17. The summed E-state index contributed by atoms with van der Waals surface area (Å²) in [6.07, 6.45) is 0. The average Bonchev–Trinajstić information content (AvgIpc) is 2.27.